The van der Waals surface area contributed by atoms with Gasteiger partial charge in [0.25, 0.3) is 0 Å². The Bertz CT molecular complexity index is 413. The van der Waals surface area contributed by atoms with Crippen LogP contribution in [0.1, 0.15) is 5.82 Å². The van der Waals surface area contributed by atoms with Gasteiger partial charge >= 0.3 is 0 Å². The van der Waals surface area contributed by atoms with Crippen molar-refractivity contribution < 1.29 is 0 Å². The van der Waals surface area contributed by atoms with E-state index in [4.69, 9.17) is 5.73 Å². The Hall–Kier alpha value is -1.55. The minimum absolute atomic E-state index is 0.580. The Morgan fingerprint density at radius 3 is 3.08 bits per heavy atom. The third-order valence-electron chi connectivity index (χ3n) is 1.80. The van der Waals surface area contributed by atoms with Gasteiger partial charge in [0.1, 0.15) is 5.82 Å². The Kier molecular flexibility index (Phi) is 2.14. The summed E-state index contributed by atoms with van der Waals surface area (Å²) in [6.07, 6.45) is 5.97. The average Bonchev–Trinajstić information content (AvgIpc) is 2.18. The number of aromatic nitrogens is 3. The Morgan fingerprint density at radius 1 is 1.31 bits per heavy atom. The molecule has 0 saturated carbocycles. The molecule has 0 fully saturated rings. The van der Waals surface area contributed by atoms with Gasteiger partial charge in [-0.1, -0.05) is 0 Å². The lowest BCUT2D eigenvalue weighted by Gasteiger charge is -1.98. The molecule has 2 N–H and O–H groups in total. The van der Waals surface area contributed by atoms with E-state index in [2.05, 4.69) is 15.0 Å². The molecule has 0 bridgehead atoms. The van der Waals surface area contributed by atoms with Gasteiger partial charge in [-0.2, -0.15) is 0 Å². The summed E-state index contributed by atoms with van der Waals surface area (Å²) in [6, 6.07) is 1.87. The van der Waals surface area contributed by atoms with Crippen molar-refractivity contribution in [3.63, 3.8) is 0 Å². The van der Waals surface area contributed by atoms with E-state index >= 15 is 0 Å². The van der Waals surface area contributed by atoms with Gasteiger partial charge in [0.2, 0.25) is 0 Å². The summed E-state index contributed by atoms with van der Waals surface area (Å²) in [7, 11) is 0. The fraction of sp³-hybridized carbons (Fsp3) is 0.222. The van der Waals surface area contributed by atoms with Crippen LogP contribution in [0.2, 0.25) is 0 Å². The summed E-state index contributed by atoms with van der Waals surface area (Å²) in [6.45, 7) is 0.580. The molecule has 0 aromatic carbocycles. The molecule has 0 aliphatic rings. The van der Waals surface area contributed by atoms with Crippen LogP contribution in [0, 0.1) is 0 Å². The lowest BCUT2D eigenvalue weighted by atomic mass is 10.3. The molecule has 0 amide bonds. The highest BCUT2D eigenvalue weighted by atomic mass is 14.9. The summed E-state index contributed by atoms with van der Waals surface area (Å²) in [5.74, 6) is 0.793. The van der Waals surface area contributed by atoms with Crippen LogP contribution in [0.25, 0.3) is 10.9 Å². The second-order valence-electron chi connectivity index (χ2n) is 2.76. The molecule has 0 radical (unpaired) electrons. The van der Waals surface area contributed by atoms with E-state index in [-0.39, 0.29) is 0 Å². The molecule has 0 spiro atoms. The zero-order valence-corrected chi connectivity index (χ0v) is 7.14. The molecule has 13 heavy (non-hydrogen) atoms. The SMILES string of the molecule is NCCc1ncc2cnccc2n1. The molecule has 4 heteroatoms. The average molecular weight is 174 g/mol. The van der Waals surface area contributed by atoms with Crippen molar-refractivity contribution in [2.45, 2.75) is 6.42 Å². The van der Waals surface area contributed by atoms with Gasteiger partial charge in [-0.25, -0.2) is 9.97 Å². The molecule has 4 nitrogen and oxygen atoms in total. The number of pyridine rings is 1. The van der Waals surface area contributed by atoms with Crippen molar-refractivity contribution in [2.75, 3.05) is 6.54 Å². The fourth-order valence-corrected chi connectivity index (χ4v) is 1.16. The number of nitrogens with zero attached hydrogens (tertiary/aromatic N) is 3. The van der Waals surface area contributed by atoms with Gasteiger partial charge in [0, 0.05) is 30.4 Å². The second kappa shape index (κ2) is 3.45. The summed E-state index contributed by atoms with van der Waals surface area (Å²) in [5.41, 5.74) is 6.34. The van der Waals surface area contributed by atoms with E-state index in [0.29, 0.717) is 6.54 Å². The Labute approximate surface area is 75.8 Å². The van der Waals surface area contributed by atoms with Crippen LogP contribution in [0.5, 0.6) is 0 Å². The highest BCUT2D eigenvalue weighted by molar-refractivity contribution is 5.75. The highest BCUT2D eigenvalue weighted by Crippen LogP contribution is 2.07. The Morgan fingerprint density at radius 2 is 2.23 bits per heavy atom. The van der Waals surface area contributed by atoms with Crippen molar-refractivity contribution >= 4 is 10.9 Å². The van der Waals surface area contributed by atoms with Crippen molar-refractivity contribution in [2.24, 2.45) is 5.73 Å². The summed E-state index contributed by atoms with van der Waals surface area (Å²) in [4.78, 5) is 12.5. The summed E-state index contributed by atoms with van der Waals surface area (Å²) < 4.78 is 0. The maximum absolute atomic E-state index is 5.41. The predicted molar refractivity (Wildman–Crippen MR) is 50.1 cm³/mol. The minimum atomic E-state index is 0.580. The molecule has 2 aromatic heterocycles. The van der Waals surface area contributed by atoms with Crippen LogP contribution >= 0.6 is 0 Å². The number of nitrogens with two attached hydrogens (primary N) is 1. The topological polar surface area (TPSA) is 64.7 Å². The van der Waals surface area contributed by atoms with E-state index in [1.54, 1.807) is 18.6 Å². The van der Waals surface area contributed by atoms with Crippen molar-refractivity contribution in [3.05, 3.63) is 30.5 Å². The van der Waals surface area contributed by atoms with Crippen molar-refractivity contribution in [1.29, 1.82) is 0 Å². The number of rotatable bonds is 2. The molecule has 0 unspecified atom stereocenters. The summed E-state index contributed by atoms with van der Waals surface area (Å²) in [5, 5.41) is 0.961. The predicted octanol–water partition coefficient (Wildman–Crippen LogP) is 0.526. The van der Waals surface area contributed by atoms with E-state index in [1.165, 1.54) is 0 Å². The van der Waals surface area contributed by atoms with Crippen molar-refractivity contribution in [1.82, 2.24) is 15.0 Å². The monoisotopic (exact) mass is 174 g/mol. The van der Waals surface area contributed by atoms with Crippen LogP contribution in [0.15, 0.2) is 24.7 Å². The standard InChI is InChI=1S/C9H10N4/c10-3-1-9-12-6-7-5-11-4-2-8(7)13-9/h2,4-6H,1,3,10H2. The van der Waals surface area contributed by atoms with Gasteiger partial charge in [0.15, 0.2) is 0 Å². The zero-order chi connectivity index (χ0) is 9.10. The first kappa shape index (κ1) is 8.07. The molecular formula is C9H10N4. The molecule has 0 aliphatic heterocycles. The summed E-state index contributed by atoms with van der Waals surface area (Å²) >= 11 is 0. The molecule has 0 aliphatic carbocycles. The first-order valence-corrected chi connectivity index (χ1v) is 4.16. The van der Waals surface area contributed by atoms with Crippen LogP contribution in [0.3, 0.4) is 0 Å². The second-order valence-corrected chi connectivity index (χ2v) is 2.76. The van der Waals surface area contributed by atoms with Gasteiger partial charge in [0.05, 0.1) is 5.52 Å². The van der Waals surface area contributed by atoms with E-state index in [9.17, 15) is 0 Å². The van der Waals surface area contributed by atoms with E-state index in [0.717, 1.165) is 23.1 Å². The van der Waals surface area contributed by atoms with Crippen LogP contribution < -0.4 is 5.73 Å². The van der Waals surface area contributed by atoms with Crippen molar-refractivity contribution in [3.8, 4) is 0 Å². The molecular weight excluding hydrogens is 164 g/mol. The zero-order valence-electron chi connectivity index (χ0n) is 7.14. The van der Waals surface area contributed by atoms with Crippen LogP contribution in [-0.4, -0.2) is 21.5 Å². The molecule has 2 aromatic rings. The van der Waals surface area contributed by atoms with Crippen LogP contribution in [-0.2, 0) is 6.42 Å². The third kappa shape index (κ3) is 1.62. The molecule has 2 rings (SSSR count). The quantitative estimate of drug-likeness (QED) is 0.721. The first-order chi connectivity index (χ1) is 6.40. The fourth-order valence-electron chi connectivity index (χ4n) is 1.16. The van der Waals surface area contributed by atoms with Crippen LogP contribution in [0.4, 0.5) is 0 Å². The Balaban J connectivity index is 2.49. The van der Waals surface area contributed by atoms with Gasteiger partial charge in [-0.05, 0) is 12.6 Å². The molecule has 66 valence electrons. The maximum atomic E-state index is 5.41. The largest absolute Gasteiger partial charge is 0.330 e. The number of hydrogen-bond acceptors (Lipinski definition) is 4. The smallest absolute Gasteiger partial charge is 0.130 e. The normalized spacial score (nSPS) is 10.5. The first-order valence-electron chi connectivity index (χ1n) is 4.16. The minimum Gasteiger partial charge on any atom is -0.330 e. The lowest BCUT2D eigenvalue weighted by Crippen LogP contribution is -2.06. The highest BCUT2D eigenvalue weighted by Gasteiger charge is 1.97. The van der Waals surface area contributed by atoms with E-state index in [1.807, 2.05) is 6.07 Å². The third-order valence-corrected chi connectivity index (χ3v) is 1.80. The molecule has 0 saturated heterocycles. The number of fused-ring (bicyclic) bond motifs is 1. The van der Waals surface area contributed by atoms with E-state index < -0.39 is 0 Å². The van der Waals surface area contributed by atoms with Gasteiger partial charge < -0.3 is 5.73 Å². The number of hydrogen-bond donors (Lipinski definition) is 1. The maximum Gasteiger partial charge on any atom is 0.130 e. The lowest BCUT2D eigenvalue weighted by molar-refractivity contribution is 0.879. The van der Waals surface area contributed by atoms with Gasteiger partial charge in [-0.3, -0.25) is 4.98 Å². The molecule has 0 atom stereocenters. The van der Waals surface area contributed by atoms with Gasteiger partial charge in [-0.15, -0.1) is 0 Å². The molecule has 2 heterocycles.